The van der Waals surface area contributed by atoms with E-state index in [9.17, 15) is 22.4 Å². The van der Waals surface area contributed by atoms with Gasteiger partial charge in [-0.2, -0.15) is 0 Å². The van der Waals surface area contributed by atoms with Gasteiger partial charge in [0.1, 0.15) is 5.82 Å². The molecule has 0 aliphatic heterocycles. The topological polar surface area (TPSA) is 104 Å². The highest BCUT2D eigenvalue weighted by molar-refractivity contribution is 7.89. The fraction of sp³-hybridized carbons (Fsp3) is 0.263. The van der Waals surface area contributed by atoms with Crippen LogP contribution < -0.4 is 15.6 Å². The van der Waals surface area contributed by atoms with Crippen LogP contribution in [0, 0.1) is 5.82 Å². The van der Waals surface area contributed by atoms with E-state index in [2.05, 4.69) is 15.6 Å². The van der Waals surface area contributed by atoms with Crippen molar-refractivity contribution >= 4 is 21.8 Å². The van der Waals surface area contributed by atoms with Gasteiger partial charge in [-0.3, -0.25) is 20.4 Å². The molecular formula is C19H22FN3O4S. The first-order chi connectivity index (χ1) is 13.3. The first kappa shape index (κ1) is 21.5. The first-order valence-corrected chi connectivity index (χ1v) is 10.2. The van der Waals surface area contributed by atoms with E-state index in [-0.39, 0.29) is 24.3 Å². The summed E-state index contributed by atoms with van der Waals surface area (Å²) in [7, 11) is -3.76. The first-order valence-electron chi connectivity index (χ1n) is 8.75. The minimum absolute atomic E-state index is 0.0149. The van der Waals surface area contributed by atoms with Crippen LogP contribution in [0.4, 0.5) is 4.39 Å². The monoisotopic (exact) mass is 407 g/mol. The number of halogens is 1. The van der Waals surface area contributed by atoms with Gasteiger partial charge >= 0.3 is 0 Å². The van der Waals surface area contributed by atoms with Crippen LogP contribution in [-0.2, 0) is 21.2 Å². The van der Waals surface area contributed by atoms with Crippen LogP contribution in [0.15, 0.2) is 53.4 Å². The summed E-state index contributed by atoms with van der Waals surface area (Å²) in [5, 5.41) is 0. The summed E-state index contributed by atoms with van der Waals surface area (Å²) >= 11 is 0. The zero-order chi connectivity index (χ0) is 20.6. The van der Waals surface area contributed by atoms with Crippen LogP contribution in [0.2, 0.25) is 0 Å². The quantitative estimate of drug-likeness (QED) is 0.459. The molecule has 0 aromatic heterocycles. The van der Waals surface area contributed by atoms with Crippen LogP contribution in [0.5, 0.6) is 0 Å². The Morgan fingerprint density at radius 2 is 1.61 bits per heavy atom. The number of hydrogen-bond donors (Lipinski definition) is 3. The Morgan fingerprint density at radius 3 is 2.21 bits per heavy atom. The number of hydrogen-bond acceptors (Lipinski definition) is 4. The Morgan fingerprint density at radius 1 is 0.964 bits per heavy atom. The van der Waals surface area contributed by atoms with E-state index < -0.39 is 27.7 Å². The highest BCUT2D eigenvalue weighted by Gasteiger charge is 2.13. The third-order valence-electron chi connectivity index (χ3n) is 3.94. The number of carbonyl (C=O) groups excluding carboxylic acids is 2. The summed E-state index contributed by atoms with van der Waals surface area (Å²) in [4.78, 5) is 23.7. The van der Waals surface area contributed by atoms with Gasteiger partial charge in [-0.1, -0.05) is 19.1 Å². The molecule has 0 fully saturated rings. The zero-order valence-electron chi connectivity index (χ0n) is 15.4. The minimum atomic E-state index is -3.76. The van der Waals surface area contributed by atoms with Gasteiger partial charge < -0.3 is 0 Å². The maximum Gasteiger partial charge on any atom is 0.269 e. The summed E-state index contributed by atoms with van der Waals surface area (Å²) in [6, 6.07) is 11.4. The third-order valence-corrected chi connectivity index (χ3v) is 5.41. The zero-order valence-corrected chi connectivity index (χ0v) is 16.2. The predicted octanol–water partition coefficient (Wildman–Crippen LogP) is 1.91. The Bertz CT molecular complexity index is 913. The lowest BCUT2D eigenvalue weighted by atomic mass is 10.1. The molecule has 150 valence electrons. The summed E-state index contributed by atoms with van der Waals surface area (Å²) in [5.41, 5.74) is 6.12. The summed E-state index contributed by atoms with van der Waals surface area (Å²) in [6.07, 6.45) is 1.11. The molecule has 3 N–H and O–H groups in total. The van der Waals surface area contributed by atoms with Crippen molar-refractivity contribution in [2.45, 2.75) is 31.1 Å². The third kappa shape index (κ3) is 6.43. The van der Waals surface area contributed by atoms with Gasteiger partial charge in [-0.25, -0.2) is 17.5 Å². The molecule has 2 amide bonds. The highest BCUT2D eigenvalue weighted by atomic mass is 32.2. The molecule has 0 unspecified atom stereocenters. The number of aryl methyl sites for hydroxylation is 1. The lowest BCUT2D eigenvalue weighted by Crippen LogP contribution is -2.41. The van der Waals surface area contributed by atoms with E-state index in [0.717, 1.165) is 36.2 Å². The van der Waals surface area contributed by atoms with Gasteiger partial charge in [-0.05, 0) is 54.8 Å². The fourth-order valence-corrected chi connectivity index (χ4v) is 3.38. The lowest BCUT2D eigenvalue weighted by Gasteiger charge is -2.09. The van der Waals surface area contributed by atoms with Gasteiger partial charge in [0.25, 0.3) is 5.91 Å². The van der Waals surface area contributed by atoms with E-state index in [1.54, 1.807) is 12.1 Å². The number of carbonyl (C=O) groups is 2. The SMILES string of the molecule is CCc1ccc(C(=O)NNC(=O)CCCNS(=O)(=O)c2ccc(F)cc2)cc1. The maximum absolute atomic E-state index is 12.9. The lowest BCUT2D eigenvalue weighted by molar-refractivity contribution is -0.121. The Balaban J connectivity index is 1.70. The van der Waals surface area contributed by atoms with Crippen LogP contribution >= 0.6 is 0 Å². The van der Waals surface area contributed by atoms with E-state index in [1.807, 2.05) is 19.1 Å². The number of benzene rings is 2. The molecule has 0 radical (unpaired) electrons. The molecule has 0 spiro atoms. The second kappa shape index (κ2) is 9.95. The largest absolute Gasteiger partial charge is 0.273 e. The van der Waals surface area contributed by atoms with Gasteiger partial charge in [0.05, 0.1) is 4.90 Å². The van der Waals surface area contributed by atoms with E-state index >= 15 is 0 Å². The summed E-state index contributed by atoms with van der Waals surface area (Å²) in [6.45, 7) is 2.04. The normalized spacial score (nSPS) is 11.1. The summed E-state index contributed by atoms with van der Waals surface area (Å²) < 4.78 is 39.2. The second-order valence-corrected chi connectivity index (χ2v) is 7.77. The van der Waals surface area contributed by atoms with Crippen molar-refractivity contribution in [2.24, 2.45) is 0 Å². The van der Waals surface area contributed by atoms with E-state index in [4.69, 9.17) is 0 Å². The van der Waals surface area contributed by atoms with Crippen LogP contribution in [-0.4, -0.2) is 26.8 Å². The van der Waals surface area contributed by atoms with E-state index in [1.165, 1.54) is 0 Å². The van der Waals surface area contributed by atoms with Gasteiger partial charge in [0.2, 0.25) is 15.9 Å². The molecule has 2 rings (SSSR count). The van der Waals surface area contributed by atoms with Crippen molar-refractivity contribution in [1.29, 1.82) is 0 Å². The Kier molecular flexibility index (Phi) is 7.65. The molecular weight excluding hydrogens is 385 g/mol. The molecule has 0 aliphatic carbocycles. The second-order valence-electron chi connectivity index (χ2n) is 6.01. The van der Waals surface area contributed by atoms with Crippen molar-refractivity contribution < 1.29 is 22.4 Å². The molecule has 2 aromatic rings. The molecule has 2 aromatic carbocycles. The van der Waals surface area contributed by atoms with Crippen molar-refractivity contribution in [3.63, 3.8) is 0 Å². The van der Waals surface area contributed by atoms with Gasteiger partial charge in [0.15, 0.2) is 0 Å². The Labute approximate surface area is 163 Å². The fourth-order valence-electron chi connectivity index (χ4n) is 2.31. The Hall–Kier alpha value is -2.78. The molecule has 0 heterocycles. The average Bonchev–Trinajstić information content (AvgIpc) is 2.70. The number of nitrogens with one attached hydrogen (secondary N) is 3. The van der Waals surface area contributed by atoms with Crippen molar-refractivity contribution in [3.05, 3.63) is 65.5 Å². The predicted molar refractivity (Wildman–Crippen MR) is 102 cm³/mol. The minimum Gasteiger partial charge on any atom is -0.273 e. The molecule has 0 saturated carbocycles. The molecule has 7 nitrogen and oxygen atoms in total. The average molecular weight is 407 g/mol. The van der Waals surface area contributed by atoms with Crippen LogP contribution in [0.1, 0.15) is 35.7 Å². The maximum atomic E-state index is 12.9. The van der Waals surface area contributed by atoms with Crippen molar-refractivity contribution in [1.82, 2.24) is 15.6 Å². The molecule has 0 bridgehead atoms. The highest BCUT2D eigenvalue weighted by Crippen LogP contribution is 2.09. The van der Waals surface area contributed by atoms with Crippen molar-refractivity contribution in [3.8, 4) is 0 Å². The standard InChI is InChI=1S/C19H22FN3O4S/c1-2-14-5-7-15(8-6-14)19(25)23-22-18(24)4-3-13-21-28(26,27)17-11-9-16(20)10-12-17/h5-12,21H,2-4,13H2,1H3,(H,22,24)(H,23,25). The smallest absolute Gasteiger partial charge is 0.269 e. The molecule has 9 heteroatoms. The summed E-state index contributed by atoms with van der Waals surface area (Å²) in [5.74, 6) is -1.41. The van der Waals surface area contributed by atoms with Crippen molar-refractivity contribution in [2.75, 3.05) is 6.54 Å². The number of rotatable bonds is 8. The van der Waals surface area contributed by atoms with Gasteiger partial charge in [0, 0.05) is 18.5 Å². The van der Waals surface area contributed by atoms with Crippen LogP contribution in [0.25, 0.3) is 0 Å². The molecule has 0 saturated heterocycles. The molecule has 0 aliphatic rings. The number of sulfonamides is 1. The van der Waals surface area contributed by atoms with Crippen LogP contribution in [0.3, 0.4) is 0 Å². The molecule has 0 atom stereocenters. The van der Waals surface area contributed by atoms with Gasteiger partial charge in [-0.15, -0.1) is 0 Å². The number of amides is 2. The molecule has 28 heavy (non-hydrogen) atoms. The number of hydrazine groups is 1. The van der Waals surface area contributed by atoms with E-state index in [0.29, 0.717) is 5.56 Å².